The highest BCUT2D eigenvalue weighted by atomic mass is 32.1. The lowest BCUT2D eigenvalue weighted by Crippen LogP contribution is -2.29. The molecule has 4 aromatic rings. The van der Waals surface area contributed by atoms with Crippen molar-refractivity contribution < 1.29 is 24.2 Å². The summed E-state index contributed by atoms with van der Waals surface area (Å²) >= 11 is 1.27. The summed E-state index contributed by atoms with van der Waals surface area (Å²) in [5, 5.41) is 11.5. The number of anilines is 1. The molecule has 0 radical (unpaired) electrons. The Labute approximate surface area is 198 Å². The zero-order valence-electron chi connectivity index (χ0n) is 18.3. The molecule has 2 aromatic heterocycles. The number of benzene rings is 2. The third-order valence-electron chi connectivity index (χ3n) is 5.62. The van der Waals surface area contributed by atoms with Gasteiger partial charge >= 0.3 is 5.91 Å². The van der Waals surface area contributed by atoms with Gasteiger partial charge in [0.1, 0.15) is 17.3 Å². The highest BCUT2D eigenvalue weighted by Crippen LogP contribution is 2.44. The quantitative estimate of drug-likeness (QED) is 0.261. The normalized spacial score (nSPS) is 17.4. The Kier molecular flexibility index (Phi) is 5.46. The summed E-state index contributed by atoms with van der Waals surface area (Å²) in [5.41, 5.74) is 1.68. The van der Waals surface area contributed by atoms with Crippen LogP contribution in [0, 0.1) is 0 Å². The van der Waals surface area contributed by atoms with Crippen LogP contribution in [0.3, 0.4) is 0 Å². The zero-order chi connectivity index (χ0) is 23.8. The molecule has 1 unspecified atom stereocenters. The molecule has 1 amide bonds. The Hall–Kier alpha value is -4.24. The lowest BCUT2D eigenvalue weighted by molar-refractivity contribution is -0.132. The van der Waals surface area contributed by atoms with Crippen LogP contribution in [-0.4, -0.2) is 41.0 Å². The number of nitrogens with zero attached hydrogens (tertiary/aromatic N) is 3. The molecule has 3 heterocycles. The monoisotopic (exact) mass is 473 g/mol. The van der Waals surface area contributed by atoms with Gasteiger partial charge in [0.15, 0.2) is 5.13 Å². The number of ether oxygens (including phenoxy) is 2. The largest absolute Gasteiger partial charge is 0.507 e. The molecule has 2 aromatic carbocycles. The Morgan fingerprint density at radius 2 is 1.65 bits per heavy atom. The van der Waals surface area contributed by atoms with E-state index in [1.165, 1.54) is 23.3 Å². The lowest BCUT2D eigenvalue weighted by atomic mass is 9.96. The Morgan fingerprint density at radius 3 is 2.32 bits per heavy atom. The second-order valence-electron chi connectivity index (χ2n) is 7.51. The van der Waals surface area contributed by atoms with Gasteiger partial charge in [0, 0.05) is 18.0 Å². The molecule has 0 bridgehead atoms. The van der Waals surface area contributed by atoms with Gasteiger partial charge in [-0.1, -0.05) is 11.3 Å². The van der Waals surface area contributed by atoms with Gasteiger partial charge in [0.2, 0.25) is 0 Å². The maximum absolute atomic E-state index is 13.3. The number of methoxy groups -OCH3 is 2. The molecule has 5 rings (SSSR count). The molecule has 8 nitrogen and oxygen atoms in total. The molecule has 1 fully saturated rings. The minimum Gasteiger partial charge on any atom is -0.507 e. The smallest absolute Gasteiger partial charge is 0.301 e. The van der Waals surface area contributed by atoms with Gasteiger partial charge in [-0.25, -0.2) is 4.98 Å². The average molecular weight is 474 g/mol. The second-order valence-corrected chi connectivity index (χ2v) is 8.52. The van der Waals surface area contributed by atoms with Gasteiger partial charge in [-0.15, -0.1) is 0 Å². The van der Waals surface area contributed by atoms with Crippen molar-refractivity contribution in [3.63, 3.8) is 0 Å². The number of ketones is 1. The van der Waals surface area contributed by atoms with Crippen molar-refractivity contribution in [1.82, 2.24) is 9.97 Å². The van der Waals surface area contributed by atoms with Crippen LogP contribution in [0.15, 0.2) is 72.6 Å². The molecule has 1 aliphatic heterocycles. The summed E-state index contributed by atoms with van der Waals surface area (Å²) in [4.78, 5) is 36.5. The SMILES string of the molecule is COc1ccc(/C(O)=C2\C(=O)C(=O)N(c3nc4ccc(OC)cc4s3)C2c2ccncc2)cc1. The van der Waals surface area contributed by atoms with Crippen LogP contribution >= 0.6 is 11.3 Å². The number of carbonyl (C=O) groups excluding carboxylic acids is 2. The molecule has 9 heteroatoms. The Morgan fingerprint density at radius 1 is 0.971 bits per heavy atom. The molecule has 0 spiro atoms. The van der Waals surface area contributed by atoms with Crippen molar-refractivity contribution in [3.8, 4) is 11.5 Å². The van der Waals surface area contributed by atoms with Crippen molar-refractivity contribution in [2.75, 3.05) is 19.1 Å². The van der Waals surface area contributed by atoms with Crippen molar-refractivity contribution in [3.05, 3.63) is 83.7 Å². The van der Waals surface area contributed by atoms with E-state index >= 15 is 0 Å². The predicted octanol–water partition coefficient (Wildman–Crippen LogP) is 4.33. The standard InChI is InChI=1S/C25H19N3O5S/c1-32-16-5-3-15(4-6-16)22(29)20-21(14-9-11-26-12-10-14)28(24(31)23(20)30)25-27-18-8-7-17(33-2)13-19(18)34-25/h3-13,21,29H,1-2H3/b22-20+. The van der Waals surface area contributed by atoms with Gasteiger partial charge in [0.05, 0.1) is 36.1 Å². The van der Waals surface area contributed by atoms with Gasteiger partial charge in [-0.3, -0.25) is 19.5 Å². The predicted molar refractivity (Wildman–Crippen MR) is 128 cm³/mol. The topological polar surface area (TPSA) is 102 Å². The van der Waals surface area contributed by atoms with Crippen LogP contribution in [-0.2, 0) is 9.59 Å². The van der Waals surface area contributed by atoms with Gasteiger partial charge in [-0.2, -0.15) is 0 Å². The first-order valence-corrected chi connectivity index (χ1v) is 11.1. The molecule has 34 heavy (non-hydrogen) atoms. The lowest BCUT2D eigenvalue weighted by Gasteiger charge is -2.22. The molecular formula is C25H19N3O5S. The molecule has 1 aliphatic rings. The number of Topliss-reactive ketones (excluding diaryl/α,β-unsaturated/α-hetero) is 1. The number of fused-ring (bicyclic) bond motifs is 1. The fraction of sp³-hybridized carbons (Fsp3) is 0.120. The summed E-state index contributed by atoms with van der Waals surface area (Å²) in [6.07, 6.45) is 3.15. The van der Waals surface area contributed by atoms with E-state index in [0.29, 0.717) is 33.3 Å². The van der Waals surface area contributed by atoms with Crippen molar-refractivity contribution in [1.29, 1.82) is 0 Å². The van der Waals surface area contributed by atoms with Gasteiger partial charge in [-0.05, 0) is 60.2 Å². The molecule has 0 aliphatic carbocycles. The Bertz CT molecular complexity index is 1430. The fourth-order valence-corrected chi connectivity index (χ4v) is 4.94. The number of aliphatic hydroxyl groups is 1. The van der Waals surface area contributed by atoms with Crippen molar-refractivity contribution >= 4 is 44.1 Å². The minimum absolute atomic E-state index is 0.0156. The third kappa shape index (κ3) is 3.56. The van der Waals surface area contributed by atoms with Gasteiger partial charge in [0.25, 0.3) is 5.78 Å². The molecule has 0 saturated carbocycles. The first-order valence-electron chi connectivity index (χ1n) is 10.3. The van der Waals surface area contributed by atoms with Crippen LogP contribution in [0.25, 0.3) is 16.0 Å². The zero-order valence-corrected chi connectivity index (χ0v) is 19.1. The average Bonchev–Trinajstić information content (AvgIpc) is 3.41. The van der Waals surface area contributed by atoms with Crippen LogP contribution < -0.4 is 14.4 Å². The first kappa shape index (κ1) is 21.6. The number of aliphatic hydroxyl groups excluding tert-OH is 1. The molecule has 1 saturated heterocycles. The highest BCUT2D eigenvalue weighted by Gasteiger charge is 2.48. The van der Waals surface area contributed by atoms with Crippen LogP contribution in [0.2, 0.25) is 0 Å². The maximum atomic E-state index is 13.3. The van der Waals surface area contributed by atoms with E-state index in [-0.39, 0.29) is 11.3 Å². The summed E-state index contributed by atoms with van der Waals surface area (Å²) < 4.78 is 11.3. The summed E-state index contributed by atoms with van der Waals surface area (Å²) in [6, 6.07) is 14.6. The van der Waals surface area contributed by atoms with E-state index in [2.05, 4.69) is 9.97 Å². The highest BCUT2D eigenvalue weighted by molar-refractivity contribution is 7.22. The van der Waals surface area contributed by atoms with E-state index in [1.54, 1.807) is 68.0 Å². The number of pyridine rings is 1. The van der Waals surface area contributed by atoms with E-state index in [0.717, 1.165) is 4.70 Å². The van der Waals surface area contributed by atoms with E-state index < -0.39 is 17.7 Å². The molecule has 1 N–H and O–H groups in total. The number of aromatic nitrogens is 2. The van der Waals surface area contributed by atoms with Gasteiger partial charge < -0.3 is 14.6 Å². The van der Waals surface area contributed by atoms with Crippen LogP contribution in [0.1, 0.15) is 17.2 Å². The molecular weight excluding hydrogens is 454 g/mol. The van der Waals surface area contributed by atoms with E-state index in [9.17, 15) is 14.7 Å². The fourth-order valence-electron chi connectivity index (χ4n) is 3.92. The number of rotatable bonds is 5. The summed E-state index contributed by atoms with van der Waals surface area (Å²) in [5.74, 6) is -0.550. The molecule has 170 valence electrons. The number of hydrogen-bond acceptors (Lipinski definition) is 8. The summed E-state index contributed by atoms with van der Waals surface area (Å²) in [7, 11) is 3.11. The number of thiazole rings is 1. The molecule has 1 atom stereocenters. The van der Waals surface area contributed by atoms with E-state index in [1.807, 2.05) is 6.07 Å². The van der Waals surface area contributed by atoms with Crippen LogP contribution in [0.4, 0.5) is 5.13 Å². The maximum Gasteiger partial charge on any atom is 0.301 e. The Balaban J connectivity index is 1.69. The first-order chi connectivity index (χ1) is 16.5. The van der Waals surface area contributed by atoms with Crippen molar-refractivity contribution in [2.24, 2.45) is 0 Å². The van der Waals surface area contributed by atoms with Crippen LogP contribution in [0.5, 0.6) is 11.5 Å². The number of amides is 1. The minimum atomic E-state index is -0.868. The summed E-state index contributed by atoms with van der Waals surface area (Å²) in [6.45, 7) is 0. The number of hydrogen-bond donors (Lipinski definition) is 1. The number of carbonyl (C=O) groups is 2. The van der Waals surface area contributed by atoms with Crippen molar-refractivity contribution in [2.45, 2.75) is 6.04 Å². The van der Waals surface area contributed by atoms with E-state index in [4.69, 9.17) is 9.47 Å². The second kappa shape index (κ2) is 8.60. The third-order valence-corrected chi connectivity index (χ3v) is 6.64.